The highest BCUT2D eigenvalue weighted by molar-refractivity contribution is 6.00. The van der Waals surface area contributed by atoms with Crippen LogP contribution in [0.2, 0.25) is 0 Å². The minimum atomic E-state index is -0.710. The molecule has 0 radical (unpaired) electrons. The molecule has 0 aliphatic rings. The summed E-state index contributed by atoms with van der Waals surface area (Å²) in [6.45, 7) is 1.82. The van der Waals surface area contributed by atoms with Crippen LogP contribution < -0.4 is 10.2 Å². The van der Waals surface area contributed by atoms with Gasteiger partial charge in [-0.2, -0.15) is 0 Å². The second-order valence-electron chi connectivity index (χ2n) is 6.60. The molecule has 0 amide bonds. The van der Waals surface area contributed by atoms with E-state index in [4.69, 9.17) is 9.47 Å². The number of para-hydroxylation sites is 1. The Labute approximate surface area is 172 Å². The van der Waals surface area contributed by atoms with Gasteiger partial charge in [0, 0.05) is 17.0 Å². The van der Waals surface area contributed by atoms with Crippen LogP contribution >= 0.6 is 0 Å². The van der Waals surface area contributed by atoms with Crippen LogP contribution in [-0.4, -0.2) is 22.7 Å². The fourth-order valence-electron chi connectivity index (χ4n) is 3.23. The fraction of sp³-hybridized carbons (Fsp3) is 0.0833. The molecule has 0 saturated heterocycles. The Morgan fingerprint density at radius 3 is 2.50 bits per heavy atom. The zero-order chi connectivity index (χ0) is 21.1. The van der Waals surface area contributed by atoms with Crippen molar-refractivity contribution in [2.24, 2.45) is 0 Å². The predicted molar refractivity (Wildman–Crippen MR) is 114 cm³/mol. The summed E-state index contributed by atoms with van der Waals surface area (Å²) >= 11 is 0. The standard InChI is InChI=1S/C24H19NO5/c1-2-29-24(28)21-22(25-20-14-16(26)11-12-19(20)23(21)27)15-7-6-10-18(13-15)30-17-8-4-3-5-9-17/h3-14,26H,2H2,1H3,(H,25,27). The van der Waals surface area contributed by atoms with Gasteiger partial charge in [0.2, 0.25) is 5.43 Å². The van der Waals surface area contributed by atoms with Gasteiger partial charge in [-0.05, 0) is 43.3 Å². The van der Waals surface area contributed by atoms with E-state index in [0.29, 0.717) is 28.3 Å². The van der Waals surface area contributed by atoms with Gasteiger partial charge in [0.05, 0.1) is 17.8 Å². The van der Waals surface area contributed by atoms with Crippen molar-refractivity contribution in [3.8, 4) is 28.5 Å². The number of pyridine rings is 1. The third kappa shape index (κ3) is 3.75. The summed E-state index contributed by atoms with van der Waals surface area (Å²) in [5.41, 5.74) is 0.736. The number of aromatic hydroxyl groups is 1. The highest BCUT2D eigenvalue weighted by Gasteiger charge is 2.22. The SMILES string of the molecule is CCOC(=O)c1c(-c2cccc(Oc3ccccc3)c2)[nH]c2cc(O)ccc2c1=O. The van der Waals surface area contributed by atoms with Crippen LogP contribution in [0.4, 0.5) is 0 Å². The van der Waals surface area contributed by atoms with Crippen molar-refractivity contribution in [2.75, 3.05) is 6.61 Å². The van der Waals surface area contributed by atoms with E-state index in [1.165, 1.54) is 18.2 Å². The molecule has 6 nitrogen and oxygen atoms in total. The number of H-pyrrole nitrogens is 1. The molecule has 3 aromatic carbocycles. The van der Waals surface area contributed by atoms with Crippen LogP contribution in [-0.2, 0) is 4.74 Å². The minimum absolute atomic E-state index is 0.00847. The molecule has 150 valence electrons. The number of rotatable bonds is 5. The molecule has 6 heteroatoms. The Morgan fingerprint density at radius 1 is 0.967 bits per heavy atom. The van der Waals surface area contributed by atoms with E-state index >= 15 is 0 Å². The second-order valence-corrected chi connectivity index (χ2v) is 6.60. The smallest absolute Gasteiger partial charge is 0.344 e. The van der Waals surface area contributed by atoms with Crippen LogP contribution in [0.1, 0.15) is 17.3 Å². The van der Waals surface area contributed by atoms with Crippen molar-refractivity contribution in [3.05, 3.63) is 88.6 Å². The average Bonchev–Trinajstić information content (AvgIpc) is 2.74. The van der Waals surface area contributed by atoms with E-state index in [1.807, 2.05) is 30.3 Å². The molecule has 4 aromatic rings. The molecule has 0 unspecified atom stereocenters. The number of carbonyl (C=O) groups excluding carboxylic acids is 1. The van der Waals surface area contributed by atoms with Crippen molar-refractivity contribution in [2.45, 2.75) is 6.92 Å². The lowest BCUT2D eigenvalue weighted by Gasteiger charge is -2.13. The third-order valence-corrected chi connectivity index (χ3v) is 4.57. The number of nitrogens with one attached hydrogen (secondary N) is 1. The third-order valence-electron chi connectivity index (χ3n) is 4.57. The molecule has 0 atom stereocenters. The topological polar surface area (TPSA) is 88.6 Å². The van der Waals surface area contributed by atoms with Gasteiger partial charge in [-0.25, -0.2) is 4.79 Å². The van der Waals surface area contributed by atoms with Gasteiger partial charge in [-0.3, -0.25) is 4.79 Å². The highest BCUT2D eigenvalue weighted by atomic mass is 16.5. The number of hydrogen-bond acceptors (Lipinski definition) is 5. The fourth-order valence-corrected chi connectivity index (χ4v) is 3.23. The number of aromatic nitrogens is 1. The Bertz CT molecular complexity index is 1280. The van der Waals surface area contributed by atoms with E-state index < -0.39 is 11.4 Å². The van der Waals surface area contributed by atoms with E-state index in [0.717, 1.165) is 0 Å². The first-order valence-electron chi connectivity index (χ1n) is 9.46. The quantitative estimate of drug-likeness (QED) is 0.466. The number of esters is 1. The predicted octanol–water partition coefficient (Wildman–Crippen LogP) is 4.87. The minimum Gasteiger partial charge on any atom is -0.508 e. The maximum absolute atomic E-state index is 13.1. The molecule has 4 rings (SSSR count). The van der Waals surface area contributed by atoms with E-state index in [9.17, 15) is 14.7 Å². The highest BCUT2D eigenvalue weighted by Crippen LogP contribution is 2.29. The lowest BCUT2D eigenvalue weighted by Crippen LogP contribution is -2.20. The Balaban J connectivity index is 1.89. The molecule has 30 heavy (non-hydrogen) atoms. The van der Waals surface area contributed by atoms with Gasteiger partial charge in [0.15, 0.2) is 0 Å². The molecule has 0 spiro atoms. The summed E-state index contributed by atoms with van der Waals surface area (Å²) in [6, 6.07) is 20.7. The summed E-state index contributed by atoms with van der Waals surface area (Å²) < 4.78 is 11.0. The zero-order valence-corrected chi connectivity index (χ0v) is 16.2. The van der Waals surface area contributed by atoms with E-state index in [-0.39, 0.29) is 23.3 Å². The van der Waals surface area contributed by atoms with Crippen molar-refractivity contribution in [3.63, 3.8) is 0 Å². The molecule has 0 aliphatic heterocycles. The molecular weight excluding hydrogens is 382 g/mol. The van der Waals surface area contributed by atoms with Gasteiger partial charge >= 0.3 is 5.97 Å². The summed E-state index contributed by atoms with van der Waals surface area (Å²) in [7, 11) is 0. The first-order chi connectivity index (χ1) is 14.6. The van der Waals surface area contributed by atoms with Crippen molar-refractivity contribution in [1.82, 2.24) is 4.98 Å². The van der Waals surface area contributed by atoms with Crippen LogP contribution in [0.3, 0.4) is 0 Å². The van der Waals surface area contributed by atoms with E-state index in [1.54, 1.807) is 31.2 Å². The van der Waals surface area contributed by atoms with Crippen LogP contribution in [0, 0.1) is 0 Å². The monoisotopic (exact) mass is 401 g/mol. The molecule has 1 heterocycles. The second kappa shape index (κ2) is 8.13. The summed E-state index contributed by atoms with van der Waals surface area (Å²) in [5.74, 6) is 0.509. The summed E-state index contributed by atoms with van der Waals surface area (Å²) in [4.78, 5) is 28.8. The van der Waals surface area contributed by atoms with Crippen molar-refractivity contribution >= 4 is 16.9 Å². The number of fused-ring (bicyclic) bond motifs is 1. The molecule has 0 fully saturated rings. The zero-order valence-electron chi connectivity index (χ0n) is 16.2. The maximum Gasteiger partial charge on any atom is 0.344 e. The number of phenolic OH excluding ortho intramolecular Hbond substituents is 1. The number of ether oxygens (including phenoxy) is 2. The molecule has 0 aliphatic carbocycles. The summed E-state index contributed by atoms with van der Waals surface area (Å²) in [5, 5.41) is 10.1. The number of carbonyl (C=O) groups is 1. The molecule has 1 aromatic heterocycles. The van der Waals surface area contributed by atoms with Crippen LogP contribution in [0.5, 0.6) is 17.2 Å². The number of phenols is 1. The van der Waals surface area contributed by atoms with Gasteiger partial charge < -0.3 is 19.6 Å². The van der Waals surface area contributed by atoms with Gasteiger partial charge in [-0.15, -0.1) is 0 Å². The lowest BCUT2D eigenvalue weighted by atomic mass is 10.0. The van der Waals surface area contributed by atoms with E-state index in [2.05, 4.69) is 4.98 Å². The molecule has 0 bridgehead atoms. The first-order valence-corrected chi connectivity index (χ1v) is 9.46. The lowest BCUT2D eigenvalue weighted by molar-refractivity contribution is 0.0525. The molecule has 2 N–H and O–H groups in total. The number of aromatic amines is 1. The van der Waals surface area contributed by atoms with Crippen molar-refractivity contribution < 1.29 is 19.4 Å². The average molecular weight is 401 g/mol. The van der Waals surface area contributed by atoms with Crippen LogP contribution in [0.15, 0.2) is 77.6 Å². The van der Waals surface area contributed by atoms with Crippen LogP contribution in [0.25, 0.3) is 22.2 Å². The molecular formula is C24H19NO5. The number of benzene rings is 3. The Morgan fingerprint density at radius 2 is 1.73 bits per heavy atom. The van der Waals surface area contributed by atoms with Crippen molar-refractivity contribution in [1.29, 1.82) is 0 Å². The van der Waals surface area contributed by atoms with Gasteiger partial charge in [0.25, 0.3) is 0 Å². The largest absolute Gasteiger partial charge is 0.508 e. The van der Waals surface area contributed by atoms with Gasteiger partial charge in [-0.1, -0.05) is 30.3 Å². The summed E-state index contributed by atoms with van der Waals surface area (Å²) in [6.07, 6.45) is 0. The molecule has 0 saturated carbocycles. The normalized spacial score (nSPS) is 10.7. The Hall–Kier alpha value is -4.06. The Kier molecular flexibility index (Phi) is 5.22. The maximum atomic E-state index is 13.1. The first kappa shape index (κ1) is 19.3. The number of hydrogen-bond donors (Lipinski definition) is 2. The van der Waals surface area contributed by atoms with Gasteiger partial charge in [0.1, 0.15) is 22.8 Å².